The minimum Gasteiger partial charge on any atom is -0.399 e. The Morgan fingerprint density at radius 2 is 2.00 bits per heavy atom. The minimum absolute atomic E-state index is 0.0435. The number of carbonyl (C=O) groups excluding carboxylic acids is 1. The van der Waals surface area contributed by atoms with E-state index in [1.807, 2.05) is 19.1 Å². The van der Waals surface area contributed by atoms with Crippen LogP contribution in [-0.4, -0.2) is 30.8 Å². The van der Waals surface area contributed by atoms with E-state index in [4.69, 9.17) is 15.9 Å². The second-order valence-electron chi connectivity index (χ2n) is 6.47. The van der Waals surface area contributed by atoms with Crippen LogP contribution < -0.4 is 16.4 Å². The van der Waals surface area contributed by atoms with E-state index in [2.05, 4.69) is 10.6 Å². The molecule has 25 heavy (non-hydrogen) atoms. The van der Waals surface area contributed by atoms with Crippen molar-refractivity contribution in [3.8, 4) is 0 Å². The van der Waals surface area contributed by atoms with E-state index in [0.717, 1.165) is 18.7 Å². The first-order valence-electron chi connectivity index (χ1n) is 8.31. The molecule has 1 fully saturated rings. The van der Waals surface area contributed by atoms with Crippen molar-refractivity contribution < 1.29 is 13.9 Å². The van der Waals surface area contributed by atoms with Crippen LogP contribution in [-0.2, 0) is 9.53 Å². The van der Waals surface area contributed by atoms with Gasteiger partial charge in [-0.05, 0) is 30.5 Å². The van der Waals surface area contributed by atoms with Gasteiger partial charge in [0.2, 0.25) is 0 Å². The molecule has 1 saturated heterocycles. The number of ether oxygens (including phenoxy) is 1. The Morgan fingerprint density at radius 3 is 2.56 bits per heavy atom. The smallest absolute Gasteiger partial charge is 0.276 e. The van der Waals surface area contributed by atoms with Crippen molar-refractivity contribution in [1.82, 2.24) is 5.32 Å². The molecule has 0 aliphatic carbocycles. The van der Waals surface area contributed by atoms with Crippen molar-refractivity contribution in [2.75, 3.05) is 18.4 Å². The molecule has 0 bridgehead atoms. The zero-order chi connectivity index (χ0) is 18.6. The van der Waals surface area contributed by atoms with E-state index in [-0.39, 0.29) is 23.8 Å². The van der Waals surface area contributed by atoms with Crippen LogP contribution in [0.3, 0.4) is 0 Å². The Morgan fingerprint density at radius 1 is 1.36 bits per heavy atom. The van der Waals surface area contributed by atoms with E-state index in [1.165, 1.54) is 0 Å². The molecule has 2 atom stereocenters. The van der Waals surface area contributed by atoms with Crippen molar-refractivity contribution >= 4 is 17.3 Å². The minimum atomic E-state index is -0.986. The van der Waals surface area contributed by atoms with Gasteiger partial charge < -0.3 is 21.1 Å². The molecule has 1 aliphatic heterocycles. The number of carbonyl (C=O) groups is 1. The first-order valence-corrected chi connectivity index (χ1v) is 8.31. The number of morpholine rings is 1. The number of nitrogens with two attached hydrogens (primary N) is 1. The molecule has 0 unspecified atom stereocenters. The number of hydrogen-bond donors (Lipinski definition) is 4. The van der Waals surface area contributed by atoms with Gasteiger partial charge in [-0.1, -0.05) is 26.0 Å². The topological polar surface area (TPSA) is 100 Å². The van der Waals surface area contributed by atoms with Crippen LogP contribution in [0.25, 0.3) is 0 Å². The Labute approximate surface area is 147 Å². The lowest BCUT2D eigenvalue weighted by molar-refractivity contribution is -0.110. The van der Waals surface area contributed by atoms with Gasteiger partial charge in [-0.2, -0.15) is 0 Å². The molecule has 1 aromatic carbocycles. The van der Waals surface area contributed by atoms with Crippen molar-refractivity contribution in [2.45, 2.75) is 33.0 Å². The predicted octanol–water partition coefficient (Wildman–Crippen LogP) is 2.49. The average Bonchev–Trinajstić information content (AvgIpc) is 2.60. The van der Waals surface area contributed by atoms with E-state index in [9.17, 15) is 9.18 Å². The number of amides is 1. The monoisotopic (exact) mass is 348 g/mol. The highest BCUT2D eigenvalue weighted by atomic mass is 19.1. The summed E-state index contributed by atoms with van der Waals surface area (Å²) in [7, 11) is 0. The Hall–Kier alpha value is -2.25. The summed E-state index contributed by atoms with van der Waals surface area (Å²) >= 11 is 0. The van der Waals surface area contributed by atoms with Gasteiger partial charge in [0.1, 0.15) is 0 Å². The molecule has 1 heterocycles. The Bertz CT molecular complexity index is 670. The SMILES string of the molecule is CC(C)C(N)=C(F)C(=N)C(=O)Nc1ccc([C@H]2CNC[C@@H](C)O2)cc1. The second-order valence-corrected chi connectivity index (χ2v) is 6.47. The van der Waals surface area contributed by atoms with Crippen molar-refractivity contribution in [3.05, 3.63) is 41.4 Å². The molecular weight excluding hydrogens is 323 g/mol. The van der Waals surface area contributed by atoms with Gasteiger partial charge in [0, 0.05) is 24.5 Å². The van der Waals surface area contributed by atoms with Crippen molar-refractivity contribution in [2.24, 2.45) is 11.7 Å². The first-order chi connectivity index (χ1) is 11.8. The summed E-state index contributed by atoms with van der Waals surface area (Å²) in [6, 6.07) is 7.10. The lowest BCUT2D eigenvalue weighted by atomic mass is 10.1. The quantitative estimate of drug-likeness (QED) is 0.614. The van der Waals surface area contributed by atoms with Crippen LogP contribution in [0.4, 0.5) is 10.1 Å². The highest BCUT2D eigenvalue weighted by molar-refractivity contribution is 6.47. The average molecular weight is 348 g/mol. The van der Waals surface area contributed by atoms with Gasteiger partial charge >= 0.3 is 0 Å². The zero-order valence-electron chi connectivity index (χ0n) is 14.7. The third-order valence-corrected chi connectivity index (χ3v) is 4.02. The number of allylic oxidation sites excluding steroid dienone is 1. The highest BCUT2D eigenvalue weighted by Crippen LogP contribution is 2.23. The van der Waals surface area contributed by atoms with Gasteiger partial charge in [-0.25, -0.2) is 4.39 Å². The molecule has 7 heteroatoms. The van der Waals surface area contributed by atoms with E-state index in [0.29, 0.717) is 5.69 Å². The third-order valence-electron chi connectivity index (χ3n) is 4.02. The summed E-state index contributed by atoms with van der Waals surface area (Å²) in [5.41, 5.74) is 6.16. The molecule has 1 aromatic rings. The van der Waals surface area contributed by atoms with Crippen LogP contribution in [0.1, 0.15) is 32.4 Å². The molecule has 0 radical (unpaired) electrons. The maximum atomic E-state index is 14.0. The van der Waals surface area contributed by atoms with Crippen LogP contribution >= 0.6 is 0 Å². The van der Waals surface area contributed by atoms with Gasteiger partial charge in [0.15, 0.2) is 11.5 Å². The molecule has 0 saturated carbocycles. The van der Waals surface area contributed by atoms with Gasteiger partial charge in [-0.15, -0.1) is 0 Å². The predicted molar refractivity (Wildman–Crippen MR) is 96.1 cm³/mol. The van der Waals surface area contributed by atoms with E-state index in [1.54, 1.807) is 26.0 Å². The lowest BCUT2D eigenvalue weighted by Crippen LogP contribution is -2.38. The fourth-order valence-corrected chi connectivity index (χ4v) is 2.46. The second kappa shape index (κ2) is 8.22. The molecule has 6 nitrogen and oxygen atoms in total. The largest absolute Gasteiger partial charge is 0.399 e. The molecule has 2 rings (SSSR count). The summed E-state index contributed by atoms with van der Waals surface area (Å²) in [5, 5.41) is 13.4. The summed E-state index contributed by atoms with van der Waals surface area (Å²) < 4.78 is 19.8. The molecule has 0 aromatic heterocycles. The maximum absolute atomic E-state index is 14.0. The van der Waals surface area contributed by atoms with Crippen molar-refractivity contribution in [3.63, 3.8) is 0 Å². The normalized spacial score (nSPS) is 21.6. The molecule has 5 N–H and O–H groups in total. The number of anilines is 1. The van der Waals surface area contributed by atoms with Crippen LogP contribution in [0, 0.1) is 11.3 Å². The summed E-state index contributed by atoms with van der Waals surface area (Å²) in [4.78, 5) is 12.0. The van der Waals surface area contributed by atoms with Crippen LogP contribution in [0.5, 0.6) is 0 Å². The van der Waals surface area contributed by atoms with Gasteiger partial charge in [0.05, 0.1) is 12.2 Å². The molecule has 0 spiro atoms. The summed E-state index contributed by atoms with van der Waals surface area (Å²) in [6.45, 7) is 6.95. The molecule has 136 valence electrons. The first kappa shape index (κ1) is 19.1. The Kier molecular flexibility index (Phi) is 6.27. The third kappa shape index (κ3) is 4.87. The van der Waals surface area contributed by atoms with Gasteiger partial charge in [0.25, 0.3) is 5.91 Å². The summed E-state index contributed by atoms with van der Waals surface area (Å²) in [5.74, 6) is -2.10. The molecule has 1 aliphatic rings. The number of halogens is 1. The standard InChI is InChI=1S/C18H25FN4O2/c1-10(2)16(20)15(19)17(21)18(24)23-13-6-4-12(5-7-13)14-9-22-8-11(3)25-14/h4-7,10-11,14,21-22H,8-9,20H2,1-3H3,(H,23,24)/t11-,14-/m1/s1. The molecule has 1 amide bonds. The highest BCUT2D eigenvalue weighted by Gasteiger charge is 2.21. The fourth-order valence-electron chi connectivity index (χ4n) is 2.46. The number of nitrogens with one attached hydrogen (secondary N) is 3. The maximum Gasteiger partial charge on any atom is 0.276 e. The lowest BCUT2D eigenvalue weighted by Gasteiger charge is -2.29. The number of benzene rings is 1. The summed E-state index contributed by atoms with van der Waals surface area (Å²) in [6.07, 6.45) is 0.0952. The van der Waals surface area contributed by atoms with Gasteiger partial charge in [-0.3, -0.25) is 10.2 Å². The van der Waals surface area contributed by atoms with Crippen LogP contribution in [0.15, 0.2) is 35.8 Å². The van der Waals surface area contributed by atoms with E-state index < -0.39 is 17.4 Å². The zero-order valence-corrected chi connectivity index (χ0v) is 14.7. The fraction of sp³-hybridized carbons (Fsp3) is 0.444. The number of hydrogen-bond acceptors (Lipinski definition) is 5. The van der Waals surface area contributed by atoms with E-state index >= 15 is 0 Å². The van der Waals surface area contributed by atoms with Crippen molar-refractivity contribution in [1.29, 1.82) is 5.41 Å². The van der Waals surface area contributed by atoms with Crippen LogP contribution in [0.2, 0.25) is 0 Å². The Balaban J connectivity index is 2.02. The number of rotatable bonds is 5. The molecular formula is C18H25FN4O2.